The molecule has 1 aliphatic heterocycles. The second kappa shape index (κ2) is 25.7. The van der Waals surface area contributed by atoms with E-state index >= 15 is 4.39 Å². The molecule has 0 spiro atoms. The third kappa shape index (κ3) is 13.0. The summed E-state index contributed by atoms with van der Waals surface area (Å²) in [5, 5.41) is 11.0. The van der Waals surface area contributed by atoms with E-state index in [1.807, 2.05) is 152 Å². The zero-order valence-electron chi connectivity index (χ0n) is 45.9. The number of fused-ring (bicyclic) bond motifs is 1. The molecule has 1 fully saturated rings. The molecule has 2 atom stereocenters. The zero-order valence-corrected chi connectivity index (χ0v) is 45.9. The van der Waals surface area contributed by atoms with Gasteiger partial charge in [-0.05, 0) is 145 Å². The number of methoxy groups -OCH3 is 4. The van der Waals surface area contributed by atoms with Crippen molar-refractivity contribution in [3.63, 3.8) is 0 Å². The predicted octanol–water partition coefficient (Wildman–Crippen LogP) is 13.7. The normalized spacial score (nSPS) is 14.1. The summed E-state index contributed by atoms with van der Waals surface area (Å²) in [7, 11) is 6.59. The molecular weight excluding hydrogens is 1040 g/mol. The largest absolute Gasteiger partial charge is 0.497 e. The molecule has 8 aromatic carbocycles. The van der Waals surface area contributed by atoms with Gasteiger partial charge in [0.15, 0.2) is 11.9 Å². The van der Waals surface area contributed by atoms with Crippen LogP contribution in [0.4, 0.5) is 4.39 Å². The van der Waals surface area contributed by atoms with E-state index in [-0.39, 0.29) is 44.7 Å². The number of hydrogen-bond donors (Lipinski definition) is 1. The summed E-state index contributed by atoms with van der Waals surface area (Å²) in [4.78, 5) is 14.5. The van der Waals surface area contributed by atoms with Crippen molar-refractivity contribution in [2.75, 3.05) is 35.0 Å². The molecule has 0 radical (unpaired) electrons. The van der Waals surface area contributed by atoms with Gasteiger partial charge in [-0.15, -0.1) is 0 Å². The molecule has 416 valence electrons. The highest BCUT2D eigenvalue weighted by Crippen LogP contribution is 2.36. The van der Waals surface area contributed by atoms with Gasteiger partial charge in [0.05, 0.1) is 67.8 Å². The summed E-state index contributed by atoms with van der Waals surface area (Å²) in [6.07, 6.45) is -0.687. The molecule has 2 aromatic heterocycles. The van der Waals surface area contributed by atoms with Crippen LogP contribution in [0.3, 0.4) is 0 Å². The van der Waals surface area contributed by atoms with Crippen molar-refractivity contribution >= 4 is 11.2 Å². The molecule has 0 aliphatic carbocycles. The number of benzene rings is 8. The standard InChI is InChI=1S/C67H61FN4O10/c1-74-56-23-15-49(16-24-56)47-9-5-43(6-10-47)38-80-66(81-39-44-7-11-48(12-8-44)50-17-25-57(75-2)26-18-50)63-62-64(72(42-69-62)65-61(73)31-32-79-65)71-67(70-63)82-40-46-33-45(34-55(68)35-46)37-78-41-54-14-13-53(51-19-27-58(76-3)28-20-51)36-60(54)52-21-29-59(77-4)30-22-52/h5-30,33-36,42,61,65-66,73H,31-32,37-41H2,1-4H3. The zero-order chi connectivity index (χ0) is 56.4. The number of aliphatic hydroxyl groups excluding tert-OH is 1. The summed E-state index contributed by atoms with van der Waals surface area (Å²) in [5.41, 5.74) is 13.0. The first-order valence-corrected chi connectivity index (χ1v) is 26.9. The molecule has 10 aromatic rings. The van der Waals surface area contributed by atoms with Crippen molar-refractivity contribution < 1.29 is 52.1 Å². The van der Waals surface area contributed by atoms with Crippen LogP contribution in [0.5, 0.6) is 29.0 Å². The van der Waals surface area contributed by atoms with Gasteiger partial charge in [-0.25, -0.2) is 9.37 Å². The number of imidazole rings is 1. The van der Waals surface area contributed by atoms with Gasteiger partial charge >= 0.3 is 6.01 Å². The van der Waals surface area contributed by atoms with Gasteiger partial charge < -0.3 is 47.7 Å². The van der Waals surface area contributed by atoms with Crippen molar-refractivity contribution in [1.82, 2.24) is 19.5 Å². The van der Waals surface area contributed by atoms with Crippen LogP contribution in [-0.4, -0.2) is 65.8 Å². The van der Waals surface area contributed by atoms with E-state index in [0.29, 0.717) is 35.3 Å². The fraction of sp³-hybridized carbons (Fsp3) is 0.209. The van der Waals surface area contributed by atoms with Gasteiger partial charge in [0.1, 0.15) is 52.7 Å². The maximum absolute atomic E-state index is 15.6. The first kappa shape index (κ1) is 55.0. The minimum atomic E-state index is -1.10. The molecular formula is C67H61FN4O10. The lowest BCUT2D eigenvalue weighted by Crippen LogP contribution is -2.19. The molecule has 82 heavy (non-hydrogen) atoms. The Morgan fingerprint density at radius 3 is 1.50 bits per heavy atom. The topological polar surface area (TPSA) is 147 Å². The Balaban J connectivity index is 0.852. The molecule has 1 saturated heterocycles. The van der Waals surface area contributed by atoms with E-state index in [1.54, 1.807) is 39.3 Å². The molecule has 14 nitrogen and oxygen atoms in total. The highest BCUT2D eigenvalue weighted by atomic mass is 19.1. The van der Waals surface area contributed by atoms with E-state index in [9.17, 15) is 5.11 Å². The second-order valence-corrected chi connectivity index (χ2v) is 19.7. The number of ether oxygens (including phenoxy) is 9. The lowest BCUT2D eigenvalue weighted by Gasteiger charge is -2.20. The van der Waals surface area contributed by atoms with Crippen molar-refractivity contribution in [2.45, 2.75) is 58.1 Å². The van der Waals surface area contributed by atoms with E-state index in [0.717, 1.165) is 84.2 Å². The van der Waals surface area contributed by atoms with Gasteiger partial charge in [0, 0.05) is 6.42 Å². The Morgan fingerprint density at radius 1 is 0.524 bits per heavy atom. The lowest BCUT2D eigenvalue weighted by atomic mass is 9.94. The number of hydrogen-bond acceptors (Lipinski definition) is 13. The van der Waals surface area contributed by atoms with Gasteiger partial charge in [-0.1, -0.05) is 109 Å². The van der Waals surface area contributed by atoms with Gasteiger partial charge in [0.2, 0.25) is 6.29 Å². The molecule has 0 amide bonds. The minimum Gasteiger partial charge on any atom is -0.497 e. The average molecular weight is 1100 g/mol. The summed E-state index contributed by atoms with van der Waals surface area (Å²) in [6.45, 7) is 0.904. The maximum Gasteiger partial charge on any atom is 0.319 e. The van der Waals surface area contributed by atoms with Crippen molar-refractivity contribution in [3.05, 3.63) is 228 Å². The van der Waals surface area contributed by atoms with Gasteiger partial charge in [0.25, 0.3) is 0 Å². The first-order valence-electron chi connectivity index (χ1n) is 26.9. The highest BCUT2D eigenvalue weighted by molar-refractivity contribution is 5.77. The summed E-state index contributed by atoms with van der Waals surface area (Å²) >= 11 is 0. The van der Waals surface area contributed by atoms with Crippen LogP contribution in [0, 0.1) is 5.82 Å². The molecule has 3 heterocycles. The molecule has 2 unspecified atom stereocenters. The predicted molar refractivity (Wildman–Crippen MR) is 310 cm³/mol. The Morgan fingerprint density at radius 2 is 1.00 bits per heavy atom. The highest BCUT2D eigenvalue weighted by Gasteiger charge is 2.32. The summed E-state index contributed by atoms with van der Waals surface area (Å²) in [5.74, 6) is 2.63. The number of aromatic nitrogens is 4. The smallest absolute Gasteiger partial charge is 0.319 e. The first-order chi connectivity index (χ1) is 40.2. The van der Waals surface area contributed by atoms with Crippen molar-refractivity contribution in [3.8, 4) is 73.5 Å². The monoisotopic (exact) mass is 1100 g/mol. The maximum atomic E-state index is 15.6. The van der Waals surface area contributed by atoms with Crippen LogP contribution >= 0.6 is 0 Å². The molecule has 11 rings (SSSR count). The summed E-state index contributed by atoms with van der Waals surface area (Å²) in [6, 6.07) is 58.7. The van der Waals surface area contributed by atoms with Crippen LogP contribution < -0.4 is 23.7 Å². The van der Waals surface area contributed by atoms with Crippen LogP contribution in [0.15, 0.2) is 188 Å². The van der Waals surface area contributed by atoms with Crippen molar-refractivity contribution in [1.29, 1.82) is 0 Å². The molecule has 1 N–H and O–H groups in total. The Labute approximate surface area is 475 Å². The fourth-order valence-corrected chi connectivity index (χ4v) is 9.88. The minimum absolute atomic E-state index is 0.0483. The summed E-state index contributed by atoms with van der Waals surface area (Å²) < 4.78 is 70.9. The Hall–Kier alpha value is -8.96. The lowest BCUT2D eigenvalue weighted by molar-refractivity contribution is -0.163. The number of nitrogens with zero attached hydrogens (tertiary/aromatic N) is 4. The number of aliphatic hydroxyl groups is 1. The third-order valence-corrected chi connectivity index (χ3v) is 14.4. The quantitative estimate of drug-likeness (QED) is 0.0607. The van der Waals surface area contributed by atoms with Crippen LogP contribution in [0.1, 0.15) is 52.4 Å². The Bertz CT molecular complexity index is 3640. The second-order valence-electron chi connectivity index (χ2n) is 19.7. The van der Waals surface area contributed by atoms with Crippen LogP contribution in [0.25, 0.3) is 55.7 Å². The van der Waals surface area contributed by atoms with Gasteiger partial charge in [-0.2, -0.15) is 9.97 Å². The van der Waals surface area contributed by atoms with Crippen LogP contribution in [0.2, 0.25) is 0 Å². The molecule has 0 bridgehead atoms. The van der Waals surface area contributed by atoms with E-state index in [1.165, 1.54) is 12.1 Å². The molecule has 15 heteroatoms. The fourth-order valence-electron chi connectivity index (χ4n) is 9.88. The van der Waals surface area contributed by atoms with Crippen LogP contribution in [-0.2, 0) is 52.0 Å². The van der Waals surface area contributed by atoms with Gasteiger partial charge in [-0.3, -0.25) is 4.57 Å². The van der Waals surface area contributed by atoms with E-state index in [2.05, 4.69) is 18.2 Å². The number of rotatable bonds is 23. The number of halogens is 1. The average Bonchev–Trinajstić information content (AvgIpc) is 4.37. The molecule has 1 aliphatic rings. The van der Waals surface area contributed by atoms with Crippen molar-refractivity contribution in [2.24, 2.45) is 0 Å². The Kier molecular flexibility index (Phi) is 17.2. The SMILES string of the molecule is COc1ccc(-c2ccc(COC(OCc3ccc(-c4ccc(OC)cc4)cc3)c3nc(OCc4cc(F)cc(COCc5ccc(-c6ccc(OC)cc6)cc5-c5ccc(OC)cc5)c4)nc4c3ncn4C3OCCC3O)cc2)cc1. The van der Waals surface area contributed by atoms with E-state index in [4.69, 9.17) is 57.6 Å². The van der Waals surface area contributed by atoms with E-state index < -0.39 is 24.4 Å². The third-order valence-electron chi connectivity index (χ3n) is 14.4. The molecule has 0 saturated carbocycles.